The van der Waals surface area contributed by atoms with E-state index in [1.54, 1.807) is 28.4 Å². The van der Waals surface area contributed by atoms with Crippen molar-refractivity contribution in [3.05, 3.63) is 46.5 Å². The lowest BCUT2D eigenvalue weighted by Gasteiger charge is -2.49. The Bertz CT molecular complexity index is 1130. The van der Waals surface area contributed by atoms with E-state index in [-0.39, 0.29) is 0 Å². The number of hydrogen-bond donors (Lipinski definition) is 0. The van der Waals surface area contributed by atoms with Crippen molar-refractivity contribution in [1.82, 2.24) is 9.80 Å². The molecule has 2 aromatic rings. The molecule has 2 aromatic carbocycles. The maximum Gasteiger partial charge on any atom is 0.161 e. The molecule has 38 heavy (non-hydrogen) atoms. The molecule has 3 aliphatic rings. The Morgan fingerprint density at radius 3 is 1.89 bits per heavy atom. The third kappa shape index (κ3) is 4.86. The molecule has 0 bridgehead atoms. The van der Waals surface area contributed by atoms with Gasteiger partial charge in [0.2, 0.25) is 0 Å². The summed E-state index contributed by atoms with van der Waals surface area (Å²) in [6, 6.07) is 10.3. The van der Waals surface area contributed by atoms with E-state index >= 15 is 0 Å². The first-order valence-electron chi connectivity index (χ1n) is 14.4. The fourth-order valence-corrected chi connectivity index (χ4v) is 7.47. The van der Waals surface area contributed by atoms with Crippen LogP contribution in [0, 0.1) is 11.8 Å². The summed E-state index contributed by atoms with van der Waals surface area (Å²) in [5, 5.41) is 0. The molecule has 0 spiro atoms. The van der Waals surface area contributed by atoms with Crippen LogP contribution in [-0.2, 0) is 12.8 Å². The smallest absolute Gasteiger partial charge is 0.161 e. The molecule has 0 aliphatic carbocycles. The van der Waals surface area contributed by atoms with Crippen molar-refractivity contribution in [2.24, 2.45) is 11.8 Å². The average Bonchev–Trinajstić information content (AvgIpc) is 2.94. The monoisotopic (exact) mass is 522 g/mol. The fourth-order valence-electron chi connectivity index (χ4n) is 7.47. The molecule has 5 rings (SSSR count). The minimum absolute atomic E-state index is 0.387. The van der Waals surface area contributed by atoms with Gasteiger partial charge in [0.05, 0.1) is 28.4 Å². The van der Waals surface area contributed by atoms with Crippen LogP contribution in [0.25, 0.3) is 0 Å². The Morgan fingerprint density at radius 2 is 1.32 bits per heavy atom. The summed E-state index contributed by atoms with van der Waals surface area (Å²) in [5.74, 6) is 4.71. The van der Waals surface area contributed by atoms with Crippen molar-refractivity contribution in [3.63, 3.8) is 0 Å². The van der Waals surface area contributed by atoms with Gasteiger partial charge in [-0.1, -0.05) is 13.3 Å². The van der Waals surface area contributed by atoms with Crippen LogP contribution in [0.4, 0.5) is 0 Å². The molecule has 208 valence electrons. The summed E-state index contributed by atoms with van der Waals surface area (Å²) in [6.07, 6.45) is 5.71. The summed E-state index contributed by atoms with van der Waals surface area (Å²) >= 11 is 0. The molecule has 0 saturated carbocycles. The van der Waals surface area contributed by atoms with Crippen LogP contribution in [0.2, 0.25) is 0 Å². The Hall–Kier alpha value is -2.44. The van der Waals surface area contributed by atoms with Gasteiger partial charge in [0.15, 0.2) is 23.0 Å². The van der Waals surface area contributed by atoms with Crippen molar-refractivity contribution in [2.45, 2.75) is 71.0 Å². The summed E-state index contributed by atoms with van der Waals surface area (Å²) < 4.78 is 22.8. The zero-order valence-corrected chi connectivity index (χ0v) is 24.4. The first-order chi connectivity index (χ1) is 18.4. The Morgan fingerprint density at radius 1 is 0.763 bits per heavy atom. The molecule has 0 aromatic heterocycles. The molecule has 0 amide bonds. The van der Waals surface area contributed by atoms with Gasteiger partial charge in [-0.3, -0.25) is 9.80 Å². The topological polar surface area (TPSA) is 43.4 Å². The SMILES string of the molecule is CC[C@H]1CN2CCc3cc(OC)c(OC)cc3[C@@H]2CC1C[C@@H]1c2cc(OC)c(OC)cc2CCN1C(C)C. The second-order valence-electron chi connectivity index (χ2n) is 11.6. The Kier molecular flexibility index (Phi) is 8.11. The van der Waals surface area contributed by atoms with Crippen LogP contribution in [-0.4, -0.2) is 63.9 Å². The Balaban J connectivity index is 1.49. The molecule has 6 heteroatoms. The number of fused-ring (bicyclic) bond motifs is 4. The van der Waals surface area contributed by atoms with E-state index in [4.69, 9.17) is 18.9 Å². The van der Waals surface area contributed by atoms with Crippen LogP contribution in [0.15, 0.2) is 24.3 Å². The first-order valence-corrected chi connectivity index (χ1v) is 14.4. The molecular weight excluding hydrogens is 476 g/mol. The standard InChI is InChI=1S/C32H46N2O4/c1-8-21-19-33-11-9-22-15-29(35-4)31(37-6)17-25(22)27(33)13-24(21)14-28-26-18-32(38-7)30(36-5)16-23(26)10-12-34(28)20(2)3/h15-18,20-21,24,27-28H,8-14,19H2,1-7H3/t21-,24?,27-,28+/m0/s1. The molecule has 4 atom stereocenters. The second-order valence-corrected chi connectivity index (χ2v) is 11.6. The largest absolute Gasteiger partial charge is 0.493 e. The van der Waals surface area contributed by atoms with Crippen LogP contribution >= 0.6 is 0 Å². The lowest BCUT2D eigenvalue weighted by Crippen LogP contribution is -2.47. The first kappa shape index (κ1) is 27.1. The fraction of sp³-hybridized carbons (Fsp3) is 0.625. The zero-order chi connectivity index (χ0) is 27.0. The maximum absolute atomic E-state index is 5.76. The highest BCUT2D eigenvalue weighted by Gasteiger charge is 2.41. The van der Waals surface area contributed by atoms with E-state index < -0.39 is 0 Å². The van der Waals surface area contributed by atoms with Gasteiger partial charge in [0, 0.05) is 37.8 Å². The van der Waals surface area contributed by atoms with E-state index in [2.05, 4.69) is 54.8 Å². The minimum atomic E-state index is 0.387. The van der Waals surface area contributed by atoms with Gasteiger partial charge in [0.25, 0.3) is 0 Å². The molecule has 1 saturated heterocycles. The third-order valence-electron chi connectivity index (χ3n) is 9.53. The molecule has 1 fully saturated rings. The normalized spacial score (nSPS) is 25.4. The molecule has 0 N–H and O–H groups in total. The lowest BCUT2D eigenvalue weighted by atomic mass is 9.72. The quantitative estimate of drug-likeness (QED) is 0.420. The van der Waals surface area contributed by atoms with E-state index in [0.717, 1.165) is 48.9 Å². The van der Waals surface area contributed by atoms with Crippen molar-refractivity contribution in [1.29, 1.82) is 0 Å². The molecule has 0 radical (unpaired) electrons. The number of piperidine rings is 1. The number of nitrogens with zero attached hydrogens (tertiary/aromatic N) is 2. The van der Waals surface area contributed by atoms with Gasteiger partial charge in [-0.15, -0.1) is 0 Å². The predicted octanol–water partition coefficient (Wildman–Crippen LogP) is 6.06. The molecular formula is C32H46N2O4. The Labute approximate surface area is 229 Å². The molecule has 3 heterocycles. The predicted molar refractivity (Wildman–Crippen MR) is 152 cm³/mol. The second kappa shape index (κ2) is 11.4. The van der Waals surface area contributed by atoms with E-state index in [0.29, 0.717) is 30.0 Å². The van der Waals surface area contributed by atoms with Gasteiger partial charge in [0.1, 0.15) is 0 Å². The highest BCUT2D eigenvalue weighted by Crippen LogP contribution is 2.49. The van der Waals surface area contributed by atoms with Gasteiger partial charge < -0.3 is 18.9 Å². The van der Waals surface area contributed by atoms with Gasteiger partial charge >= 0.3 is 0 Å². The van der Waals surface area contributed by atoms with Crippen LogP contribution in [0.5, 0.6) is 23.0 Å². The number of ether oxygens (including phenoxy) is 4. The number of methoxy groups -OCH3 is 4. The summed E-state index contributed by atoms with van der Waals surface area (Å²) in [5.41, 5.74) is 5.69. The van der Waals surface area contributed by atoms with Crippen molar-refractivity contribution >= 4 is 0 Å². The highest BCUT2D eigenvalue weighted by atomic mass is 16.5. The molecule has 1 unspecified atom stereocenters. The lowest BCUT2D eigenvalue weighted by molar-refractivity contribution is 0.0258. The average molecular weight is 523 g/mol. The number of hydrogen-bond acceptors (Lipinski definition) is 6. The van der Waals surface area contributed by atoms with E-state index in [1.807, 2.05) is 0 Å². The van der Waals surface area contributed by atoms with Crippen LogP contribution in [0.1, 0.15) is 74.4 Å². The summed E-state index contributed by atoms with van der Waals surface area (Å²) in [7, 11) is 6.95. The molecule has 3 aliphatic heterocycles. The zero-order valence-electron chi connectivity index (χ0n) is 24.4. The minimum Gasteiger partial charge on any atom is -0.493 e. The summed E-state index contributed by atoms with van der Waals surface area (Å²) in [6.45, 7) is 10.5. The van der Waals surface area contributed by atoms with E-state index in [9.17, 15) is 0 Å². The third-order valence-corrected chi connectivity index (χ3v) is 9.53. The van der Waals surface area contributed by atoms with Gasteiger partial charge in [-0.2, -0.15) is 0 Å². The maximum atomic E-state index is 5.76. The molecule has 6 nitrogen and oxygen atoms in total. The van der Waals surface area contributed by atoms with Crippen LogP contribution < -0.4 is 18.9 Å². The van der Waals surface area contributed by atoms with Crippen molar-refractivity contribution < 1.29 is 18.9 Å². The van der Waals surface area contributed by atoms with Gasteiger partial charge in [-0.25, -0.2) is 0 Å². The number of rotatable bonds is 8. The van der Waals surface area contributed by atoms with E-state index in [1.165, 1.54) is 48.1 Å². The van der Waals surface area contributed by atoms with Crippen LogP contribution in [0.3, 0.4) is 0 Å². The van der Waals surface area contributed by atoms with Crippen molar-refractivity contribution in [3.8, 4) is 23.0 Å². The highest BCUT2D eigenvalue weighted by molar-refractivity contribution is 5.51. The number of benzene rings is 2. The van der Waals surface area contributed by atoms with Gasteiger partial charge in [-0.05, 0) is 97.9 Å². The summed E-state index contributed by atoms with van der Waals surface area (Å²) in [4.78, 5) is 5.46. The van der Waals surface area contributed by atoms with Crippen molar-refractivity contribution in [2.75, 3.05) is 48.1 Å².